The van der Waals surface area contributed by atoms with E-state index in [9.17, 15) is 10.1 Å². The maximum atomic E-state index is 12.9. The van der Waals surface area contributed by atoms with E-state index in [0.717, 1.165) is 43.4 Å². The smallest absolute Gasteiger partial charge is 0.231 e. The largest absolute Gasteiger partial charge is 0.361 e. The van der Waals surface area contributed by atoms with Gasteiger partial charge in [-0.2, -0.15) is 5.26 Å². The average Bonchev–Trinajstić information content (AvgIpc) is 3.32. The Morgan fingerprint density at radius 3 is 2.92 bits per heavy atom. The van der Waals surface area contributed by atoms with E-state index in [1.807, 2.05) is 15.9 Å². The van der Waals surface area contributed by atoms with Gasteiger partial charge in [-0.25, -0.2) is 0 Å². The summed E-state index contributed by atoms with van der Waals surface area (Å²) < 4.78 is 0. The molecule has 0 radical (unpaired) electrons. The molecule has 3 heterocycles. The molecule has 1 aliphatic carbocycles. The number of rotatable bonds is 1. The fourth-order valence-electron chi connectivity index (χ4n) is 4.67. The zero-order chi connectivity index (χ0) is 17.0. The SMILES string of the molecule is N#CN1CC(C(=O)N2CCCC2)C=C2c3cccc4[nH]cc(c34)CC21. The third kappa shape index (κ3) is 2.10. The van der Waals surface area contributed by atoms with Crippen LogP contribution < -0.4 is 0 Å². The van der Waals surface area contributed by atoms with Gasteiger partial charge >= 0.3 is 0 Å². The van der Waals surface area contributed by atoms with Gasteiger partial charge in [-0.1, -0.05) is 18.2 Å². The highest BCUT2D eigenvalue weighted by molar-refractivity contribution is 5.99. The van der Waals surface area contributed by atoms with Crippen molar-refractivity contribution < 1.29 is 4.79 Å². The van der Waals surface area contributed by atoms with Crippen LogP contribution >= 0.6 is 0 Å². The Kier molecular flexibility index (Phi) is 3.14. The van der Waals surface area contributed by atoms with Crippen molar-refractivity contribution in [2.75, 3.05) is 19.6 Å². The first-order valence-corrected chi connectivity index (χ1v) is 9.02. The summed E-state index contributed by atoms with van der Waals surface area (Å²) in [6.07, 6.45) is 9.54. The number of benzene rings is 1. The van der Waals surface area contributed by atoms with Crippen molar-refractivity contribution >= 4 is 22.4 Å². The van der Waals surface area contributed by atoms with Crippen LogP contribution in [0, 0.1) is 17.4 Å². The molecule has 2 unspecified atom stereocenters. The second-order valence-electron chi connectivity index (χ2n) is 7.28. The molecule has 1 saturated heterocycles. The van der Waals surface area contributed by atoms with Crippen LogP contribution in [0.4, 0.5) is 0 Å². The fourth-order valence-corrected chi connectivity index (χ4v) is 4.67. The van der Waals surface area contributed by atoms with Gasteiger partial charge in [0.25, 0.3) is 0 Å². The number of nitrogens with zero attached hydrogens (tertiary/aromatic N) is 3. The molecule has 126 valence electrons. The van der Waals surface area contributed by atoms with Crippen molar-refractivity contribution in [3.05, 3.63) is 41.6 Å². The van der Waals surface area contributed by atoms with Crippen LogP contribution in [0.2, 0.25) is 0 Å². The molecule has 3 aliphatic rings. The Hall–Kier alpha value is -2.74. The topological polar surface area (TPSA) is 63.1 Å². The molecule has 0 saturated carbocycles. The minimum Gasteiger partial charge on any atom is -0.361 e. The molecule has 5 nitrogen and oxygen atoms in total. The highest BCUT2D eigenvalue weighted by Gasteiger charge is 2.38. The lowest BCUT2D eigenvalue weighted by Gasteiger charge is -2.39. The number of nitriles is 1. The minimum atomic E-state index is -0.222. The van der Waals surface area contributed by atoms with Gasteiger partial charge < -0.3 is 14.8 Å². The summed E-state index contributed by atoms with van der Waals surface area (Å²) >= 11 is 0. The number of amides is 1. The van der Waals surface area contributed by atoms with Crippen molar-refractivity contribution in [1.82, 2.24) is 14.8 Å². The van der Waals surface area contributed by atoms with E-state index in [-0.39, 0.29) is 17.9 Å². The van der Waals surface area contributed by atoms with Crippen LogP contribution in [0.25, 0.3) is 16.5 Å². The van der Waals surface area contributed by atoms with E-state index in [1.165, 1.54) is 16.5 Å². The Bertz CT molecular complexity index is 929. The predicted octanol–water partition coefficient (Wildman–Crippen LogP) is 2.51. The molecule has 1 fully saturated rings. The molecule has 25 heavy (non-hydrogen) atoms. The number of aromatic nitrogens is 1. The Morgan fingerprint density at radius 1 is 1.28 bits per heavy atom. The number of nitrogens with one attached hydrogen (secondary N) is 1. The third-order valence-corrected chi connectivity index (χ3v) is 5.88. The first-order chi connectivity index (χ1) is 12.3. The third-order valence-electron chi connectivity index (χ3n) is 5.88. The molecule has 1 aromatic carbocycles. The van der Waals surface area contributed by atoms with Gasteiger partial charge in [-0.05, 0) is 42.0 Å². The van der Waals surface area contributed by atoms with Crippen LogP contribution in [-0.4, -0.2) is 46.4 Å². The second kappa shape index (κ2) is 5.38. The second-order valence-corrected chi connectivity index (χ2v) is 7.28. The predicted molar refractivity (Wildman–Crippen MR) is 95.4 cm³/mol. The number of likely N-dealkylation sites (tertiary alicyclic amines) is 1. The van der Waals surface area contributed by atoms with Crippen molar-refractivity contribution in [2.24, 2.45) is 5.92 Å². The number of H-pyrrole nitrogens is 1. The van der Waals surface area contributed by atoms with Crippen molar-refractivity contribution in [2.45, 2.75) is 25.3 Å². The number of hydrogen-bond acceptors (Lipinski definition) is 3. The van der Waals surface area contributed by atoms with E-state index in [1.54, 1.807) is 0 Å². The van der Waals surface area contributed by atoms with Gasteiger partial charge in [0.05, 0.1) is 12.0 Å². The quantitative estimate of drug-likeness (QED) is 0.816. The number of hydrogen-bond donors (Lipinski definition) is 1. The zero-order valence-corrected chi connectivity index (χ0v) is 14.0. The molecule has 2 aromatic rings. The maximum absolute atomic E-state index is 12.9. The average molecular weight is 332 g/mol. The Morgan fingerprint density at radius 2 is 2.12 bits per heavy atom. The first kappa shape index (κ1) is 14.6. The van der Waals surface area contributed by atoms with E-state index >= 15 is 0 Å². The lowest BCUT2D eigenvalue weighted by Crippen LogP contribution is -2.46. The number of carbonyl (C=O) groups excluding carboxylic acids is 1. The maximum Gasteiger partial charge on any atom is 0.231 e. The standard InChI is InChI=1S/C20H20N4O/c21-12-24-11-14(20(25)23-6-1-2-7-23)8-16-15-4-3-5-17-19(15)13(10-22-17)9-18(16)24/h3-5,8,10,14,18,22H,1-2,6-7,9,11H2. The minimum absolute atomic E-state index is 0.0431. The molecule has 2 aliphatic heterocycles. The van der Waals surface area contributed by atoms with Crippen molar-refractivity contribution in [3.63, 3.8) is 0 Å². The van der Waals surface area contributed by atoms with Crippen LogP contribution in [0.15, 0.2) is 30.5 Å². The Balaban J connectivity index is 1.61. The van der Waals surface area contributed by atoms with Gasteiger partial charge in [-0.3, -0.25) is 4.79 Å². The summed E-state index contributed by atoms with van der Waals surface area (Å²) in [5.74, 6) is -0.0458. The van der Waals surface area contributed by atoms with E-state index in [0.29, 0.717) is 6.54 Å². The van der Waals surface area contributed by atoms with Crippen molar-refractivity contribution in [3.8, 4) is 6.19 Å². The van der Waals surface area contributed by atoms with Crippen molar-refractivity contribution in [1.29, 1.82) is 5.26 Å². The fraction of sp³-hybridized carbons (Fsp3) is 0.400. The normalized spacial score (nSPS) is 24.8. The summed E-state index contributed by atoms with van der Waals surface area (Å²) in [6.45, 7) is 2.20. The molecule has 1 N–H and O–H groups in total. The van der Waals surface area contributed by atoms with Crippen LogP contribution in [0.5, 0.6) is 0 Å². The monoisotopic (exact) mass is 332 g/mol. The van der Waals surface area contributed by atoms with E-state index in [2.05, 4.69) is 35.6 Å². The van der Waals surface area contributed by atoms with Gasteiger partial charge in [0.15, 0.2) is 6.19 Å². The molecule has 2 atom stereocenters. The van der Waals surface area contributed by atoms with Crippen LogP contribution in [-0.2, 0) is 11.2 Å². The lowest BCUT2D eigenvalue weighted by molar-refractivity contribution is -0.133. The van der Waals surface area contributed by atoms with Gasteiger partial charge in [0.1, 0.15) is 0 Å². The lowest BCUT2D eigenvalue weighted by atomic mass is 9.79. The molecular formula is C20H20N4O. The summed E-state index contributed by atoms with van der Waals surface area (Å²) in [5.41, 5.74) is 4.70. The highest BCUT2D eigenvalue weighted by Crippen LogP contribution is 2.41. The number of aromatic amines is 1. The first-order valence-electron chi connectivity index (χ1n) is 9.02. The number of fused-ring (bicyclic) bond motifs is 2. The summed E-state index contributed by atoms with van der Waals surface area (Å²) in [7, 11) is 0. The molecule has 0 spiro atoms. The van der Waals surface area contributed by atoms with Gasteiger partial charge in [-0.15, -0.1) is 0 Å². The summed E-state index contributed by atoms with van der Waals surface area (Å²) in [5, 5.41) is 11.0. The molecule has 0 bridgehead atoms. The molecule has 1 amide bonds. The molecule has 1 aromatic heterocycles. The van der Waals surface area contributed by atoms with Crippen LogP contribution in [0.3, 0.4) is 0 Å². The van der Waals surface area contributed by atoms with E-state index in [4.69, 9.17) is 0 Å². The molecular weight excluding hydrogens is 312 g/mol. The number of carbonyl (C=O) groups is 1. The Labute approximate surface area is 146 Å². The molecule has 5 heteroatoms. The van der Waals surface area contributed by atoms with Gasteiger partial charge in [0.2, 0.25) is 5.91 Å². The summed E-state index contributed by atoms with van der Waals surface area (Å²) in [6, 6.07) is 6.29. The zero-order valence-electron chi connectivity index (χ0n) is 14.0. The summed E-state index contributed by atoms with van der Waals surface area (Å²) in [4.78, 5) is 20.0. The van der Waals surface area contributed by atoms with Crippen LogP contribution in [0.1, 0.15) is 24.0 Å². The highest BCUT2D eigenvalue weighted by atomic mass is 16.2. The van der Waals surface area contributed by atoms with E-state index < -0.39 is 0 Å². The van der Waals surface area contributed by atoms with Gasteiger partial charge in [0, 0.05) is 36.7 Å². The molecule has 5 rings (SSSR count).